The summed E-state index contributed by atoms with van der Waals surface area (Å²) in [5, 5.41) is 12.9. The zero-order chi connectivity index (χ0) is 21.2. The highest BCUT2D eigenvalue weighted by atomic mass is 32.2. The second-order valence-electron chi connectivity index (χ2n) is 7.29. The lowest BCUT2D eigenvalue weighted by molar-refractivity contribution is 0.0601. The largest absolute Gasteiger partial charge is 0.465 e. The molecule has 0 atom stereocenters. The zero-order valence-electron chi connectivity index (χ0n) is 16.9. The zero-order valence-corrected chi connectivity index (χ0v) is 18.5. The van der Waals surface area contributed by atoms with Gasteiger partial charge in [-0.15, -0.1) is 21.5 Å². The van der Waals surface area contributed by atoms with Crippen molar-refractivity contribution in [2.75, 3.05) is 7.11 Å². The van der Waals surface area contributed by atoms with Crippen LogP contribution in [0.15, 0.2) is 65.1 Å². The summed E-state index contributed by atoms with van der Waals surface area (Å²) < 4.78 is 6.94. The Balaban J connectivity index is 1.33. The molecule has 5 rings (SSSR count). The molecule has 0 unspecified atom stereocenters. The van der Waals surface area contributed by atoms with E-state index in [9.17, 15) is 4.79 Å². The first-order chi connectivity index (χ1) is 15.2. The van der Waals surface area contributed by atoms with E-state index in [4.69, 9.17) is 9.72 Å². The van der Waals surface area contributed by atoms with Crippen LogP contribution in [0.5, 0.6) is 0 Å². The number of para-hydroxylation sites is 1. The summed E-state index contributed by atoms with van der Waals surface area (Å²) in [5.74, 6) is 1.95. The normalized spacial score (nSPS) is 13.3. The molecule has 1 aliphatic rings. The van der Waals surface area contributed by atoms with Crippen LogP contribution < -0.4 is 0 Å². The Labute approximate surface area is 188 Å². The van der Waals surface area contributed by atoms with E-state index < -0.39 is 0 Å². The number of hydrogen-bond donors (Lipinski definition) is 0. The third kappa shape index (κ3) is 4.26. The molecule has 0 bridgehead atoms. The van der Waals surface area contributed by atoms with Gasteiger partial charge in [0.1, 0.15) is 10.8 Å². The number of aromatic nitrogens is 4. The van der Waals surface area contributed by atoms with Crippen LogP contribution in [-0.2, 0) is 10.5 Å². The Morgan fingerprint density at radius 1 is 1.13 bits per heavy atom. The Kier molecular flexibility index (Phi) is 5.57. The maximum absolute atomic E-state index is 11.6. The predicted octanol–water partition coefficient (Wildman–Crippen LogP) is 5.35. The molecule has 2 aromatic carbocycles. The lowest BCUT2D eigenvalue weighted by atomic mass is 10.1. The maximum atomic E-state index is 11.6. The Morgan fingerprint density at radius 3 is 2.61 bits per heavy atom. The highest BCUT2D eigenvalue weighted by Gasteiger charge is 2.31. The number of hydrogen-bond acceptors (Lipinski definition) is 7. The first-order valence-electron chi connectivity index (χ1n) is 9.99. The number of thioether (sulfide) groups is 1. The van der Waals surface area contributed by atoms with Gasteiger partial charge in [0.15, 0.2) is 5.16 Å². The Hall–Kier alpha value is -2.97. The van der Waals surface area contributed by atoms with E-state index in [1.807, 2.05) is 30.3 Å². The SMILES string of the molecule is COC(=O)c1ccc(-c2nc(CSc3nnc(C4CC4)n3-c3ccccc3)cs2)cc1. The number of nitrogens with zero attached hydrogens (tertiary/aromatic N) is 4. The van der Waals surface area contributed by atoms with Gasteiger partial charge in [0, 0.05) is 28.3 Å². The lowest BCUT2D eigenvalue weighted by Crippen LogP contribution is -2.01. The average Bonchev–Trinajstić information content (AvgIpc) is 3.40. The lowest BCUT2D eigenvalue weighted by Gasteiger charge is -2.09. The molecule has 0 spiro atoms. The van der Waals surface area contributed by atoms with Crippen LogP contribution in [-0.4, -0.2) is 32.8 Å². The third-order valence-corrected chi connectivity index (χ3v) is 6.97. The van der Waals surface area contributed by atoms with Crippen LogP contribution in [0, 0.1) is 0 Å². The summed E-state index contributed by atoms with van der Waals surface area (Å²) in [6, 6.07) is 17.6. The summed E-state index contributed by atoms with van der Waals surface area (Å²) in [6.45, 7) is 0. The van der Waals surface area contributed by atoms with Crippen molar-refractivity contribution in [1.29, 1.82) is 0 Å². The molecule has 1 aliphatic carbocycles. The number of rotatable bonds is 7. The monoisotopic (exact) mass is 448 g/mol. The van der Waals surface area contributed by atoms with E-state index in [0.29, 0.717) is 17.2 Å². The summed E-state index contributed by atoms with van der Waals surface area (Å²) in [4.78, 5) is 16.4. The minimum absolute atomic E-state index is 0.337. The van der Waals surface area contributed by atoms with Crippen LogP contribution in [0.4, 0.5) is 0 Å². The van der Waals surface area contributed by atoms with Crippen molar-refractivity contribution in [2.24, 2.45) is 0 Å². The van der Waals surface area contributed by atoms with Crippen LogP contribution in [0.1, 0.15) is 40.6 Å². The van der Waals surface area contributed by atoms with Crippen molar-refractivity contribution in [1.82, 2.24) is 19.7 Å². The standard InChI is InChI=1S/C23H20N4O2S2/c1-29-22(28)17-11-9-16(10-12-17)21-24-18(13-30-21)14-31-23-26-25-20(15-7-8-15)27(23)19-5-3-2-4-6-19/h2-6,9-13,15H,7-8,14H2,1H3. The molecule has 31 heavy (non-hydrogen) atoms. The molecule has 6 nitrogen and oxygen atoms in total. The van der Waals surface area contributed by atoms with Gasteiger partial charge in [-0.05, 0) is 37.1 Å². The topological polar surface area (TPSA) is 69.9 Å². The van der Waals surface area contributed by atoms with Gasteiger partial charge in [0.05, 0.1) is 18.4 Å². The summed E-state index contributed by atoms with van der Waals surface area (Å²) >= 11 is 3.25. The second-order valence-corrected chi connectivity index (χ2v) is 9.09. The third-order valence-electron chi connectivity index (χ3n) is 5.07. The van der Waals surface area contributed by atoms with Crippen molar-refractivity contribution < 1.29 is 9.53 Å². The minimum atomic E-state index is -0.337. The molecule has 4 aromatic rings. The van der Waals surface area contributed by atoms with Crippen molar-refractivity contribution in [3.05, 3.63) is 77.1 Å². The van der Waals surface area contributed by atoms with E-state index in [1.165, 1.54) is 20.0 Å². The van der Waals surface area contributed by atoms with E-state index in [-0.39, 0.29) is 5.97 Å². The van der Waals surface area contributed by atoms with Crippen molar-refractivity contribution in [3.63, 3.8) is 0 Å². The van der Waals surface area contributed by atoms with Gasteiger partial charge in [-0.2, -0.15) is 0 Å². The van der Waals surface area contributed by atoms with E-state index in [0.717, 1.165) is 32.9 Å². The highest BCUT2D eigenvalue weighted by Crippen LogP contribution is 2.41. The molecule has 1 fully saturated rings. The number of carbonyl (C=O) groups is 1. The quantitative estimate of drug-likeness (QED) is 0.280. The molecule has 8 heteroatoms. The molecule has 0 radical (unpaired) electrons. The molecular weight excluding hydrogens is 428 g/mol. The minimum Gasteiger partial charge on any atom is -0.465 e. The van der Waals surface area contributed by atoms with Gasteiger partial charge in [0.2, 0.25) is 0 Å². The first kappa shape index (κ1) is 20.0. The second kappa shape index (κ2) is 8.64. The Morgan fingerprint density at radius 2 is 1.90 bits per heavy atom. The van der Waals surface area contributed by atoms with Crippen LogP contribution in [0.25, 0.3) is 16.3 Å². The fourth-order valence-corrected chi connectivity index (χ4v) is 5.09. The molecule has 0 amide bonds. The first-order valence-corrected chi connectivity index (χ1v) is 11.9. The smallest absolute Gasteiger partial charge is 0.337 e. The van der Waals surface area contributed by atoms with Gasteiger partial charge in [-0.25, -0.2) is 9.78 Å². The molecule has 0 aliphatic heterocycles. The van der Waals surface area contributed by atoms with E-state index in [2.05, 4.69) is 32.3 Å². The molecule has 156 valence electrons. The van der Waals surface area contributed by atoms with Crippen LogP contribution in [0.3, 0.4) is 0 Å². The van der Waals surface area contributed by atoms with Gasteiger partial charge >= 0.3 is 5.97 Å². The van der Waals surface area contributed by atoms with Crippen molar-refractivity contribution in [2.45, 2.75) is 29.7 Å². The van der Waals surface area contributed by atoms with Gasteiger partial charge < -0.3 is 4.74 Å². The number of benzene rings is 2. The number of methoxy groups -OCH3 is 1. The Bertz CT molecular complexity index is 1200. The average molecular weight is 449 g/mol. The summed E-state index contributed by atoms with van der Waals surface area (Å²) in [6.07, 6.45) is 2.36. The van der Waals surface area contributed by atoms with Gasteiger partial charge in [-0.3, -0.25) is 4.57 Å². The number of esters is 1. The van der Waals surface area contributed by atoms with Crippen molar-refractivity contribution >= 4 is 29.1 Å². The highest BCUT2D eigenvalue weighted by molar-refractivity contribution is 7.98. The predicted molar refractivity (Wildman–Crippen MR) is 122 cm³/mol. The molecule has 0 N–H and O–H groups in total. The summed E-state index contributed by atoms with van der Waals surface area (Å²) in [5.41, 5.74) is 3.61. The maximum Gasteiger partial charge on any atom is 0.337 e. The molecule has 1 saturated carbocycles. The molecule has 2 aromatic heterocycles. The number of ether oxygens (including phenoxy) is 1. The van der Waals surface area contributed by atoms with Gasteiger partial charge in [0.25, 0.3) is 0 Å². The van der Waals surface area contributed by atoms with E-state index >= 15 is 0 Å². The fraction of sp³-hybridized carbons (Fsp3) is 0.217. The van der Waals surface area contributed by atoms with Crippen molar-refractivity contribution in [3.8, 4) is 16.3 Å². The van der Waals surface area contributed by atoms with Crippen LogP contribution in [0.2, 0.25) is 0 Å². The fourth-order valence-electron chi connectivity index (χ4n) is 3.31. The van der Waals surface area contributed by atoms with Crippen LogP contribution >= 0.6 is 23.1 Å². The summed E-state index contributed by atoms with van der Waals surface area (Å²) in [7, 11) is 1.38. The molecule has 2 heterocycles. The van der Waals surface area contributed by atoms with Gasteiger partial charge in [-0.1, -0.05) is 42.1 Å². The molecule has 0 saturated heterocycles. The van der Waals surface area contributed by atoms with E-state index in [1.54, 1.807) is 35.2 Å². The number of carbonyl (C=O) groups excluding carboxylic acids is 1. The number of thiazole rings is 1. The molecular formula is C23H20N4O2S2.